The van der Waals surface area contributed by atoms with Crippen molar-refractivity contribution in [3.8, 4) is 0 Å². The van der Waals surface area contributed by atoms with Crippen LogP contribution in [0, 0.1) is 0 Å². The lowest BCUT2D eigenvalue weighted by molar-refractivity contribution is -0.123. The molecule has 1 heterocycles. The van der Waals surface area contributed by atoms with Gasteiger partial charge >= 0.3 is 0 Å². The fourth-order valence-electron chi connectivity index (χ4n) is 4.15. The number of Topliss-reactive ketones (excluding diaryl/α,β-unsaturated/α-hetero) is 1. The van der Waals surface area contributed by atoms with Gasteiger partial charge in [-0.1, -0.05) is 19.9 Å². The number of hydrogen-bond donors (Lipinski definition) is 2. The number of carbonyl (C=O) groups is 2. The van der Waals surface area contributed by atoms with Gasteiger partial charge in [-0.15, -0.1) is 0 Å². The summed E-state index contributed by atoms with van der Waals surface area (Å²) in [6.45, 7) is 6.86. The van der Waals surface area contributed by atoms with E-state index in [0.29, 0.717) is 18.7 Å². The van der Waals surface area contributed by atoms with Crippen molar-refractivity contribution in [2.75, 3.05) is 16.9 Å². The first kappa shape index (κ1) is 18.5. The molecule has 1 aliphatic carbocycles. The highest BCUT2D eigenvalue weighted by atomic mass is 16.2. The molecule has 2 aliphatic rings. The summed E-state index contributed by atoms with van der Waals surface area (Å²) in [6, 6.07) is 6.03. The molecule has 0 radical (unpaired) electrons. The molecule has 140 valence electrons. The van der Waals surface area contributed by atoms with E-state index in [1.807, 2.05) is 30.0 Å². The first-order valence-corrected chi connectivity index (χ1v) is 9.79. The van der Waals surface area contributed by atoms with E-state index in [2.05, 4.69) is 30.8 Å². The molecule has 0 spiro atoms. The Hall–Kier alpha value is -2.30. The van der Waals surface area contributed by atoms with Crippen LogP contribution in [-0.2, 0) is 15.0 Å². The number of hydrazine groups is 1. The third-order valence-electron chi connectivity index (χ3n) is 5.83. The predicted molar refractivity (Wildman–Crippen MR) is 105 cm³/mol. The molecule has 5 heteroatoms. The zero-order valence-corrected chi connectivity index (χ0v) is 16.0. The van der Waals surface area contributed by atoms with Crippen LogP contribution in [-0.4, -0.2) is 18.2 Å². The van der Waals surface area contributed by atoms with Crippen LogP contribution in [0.2, 0.25) is 0 Å². The zero-order chi connectivity index (χ0) is 18.7. The molecule has 0 saturated heterocycles. The lowest BCUT2D eigenvalue weighted by atomic mass is 9.77. The topological polar surface area (TPSA) is 61.4 Å². The van der Waals surface area contributed by atoms with E-state index in [-0.39, 0.29) is 11.7 Å². The van der Waals surface area contributed by atoms with E-state index in [0.717, 1.165) is 49.0 Å². The van der Waals surface area contributed by atoms with Crippen LogP contribution in [0.25, 0.3) is 0 Å². The third kappa shape index (κ3) is 3.00. The van der Waals surface area contributed by atoms with E-state index in [4.69, 9.17) is 0 Å². The van der Waals surface area contributed by atoms with Gasteiger partial charge in [0.15, 0.2) is 5.78 Å². The first-order chi connectivity index (χ1) is 12.6. The van der Waals surface area contributed by atoms with E-state index in [9.17, 15) is 9.59 Å². The maximum atomic E-state index is 13.0. The molecular weight excluding hydrogens is 326 g/mol. The van der Waals surface area contributed by atoms with Crippen molar-refractivity contribution in [1.29, 1.82) is 0 Å². The van der Waals surface area contributed by atoms with Gasteiger partial charge in [0.1, 0.15) is 0 Å². The molecule has 0 saturated carbocycles. The lowest BCUT2D eigenvalue weighted by Gasteiger charge is -2.26. The number of anilines is 2. The van der Waals surface area contributed by atoms with Gasteiger partial charge in [-0.05, 0) is 62.8 Å². The van der Waals surface area contributed by atoms with Crippen molar-refractivity contribution >= 4 is 23.1 Å². The molecule has 0 fully saturated rings. The molecule has 0 bridgehead atoms. The Morgan fingerprint density at radius 3 is 2.54 bits per heavy atom. The predicted octanol–water partition coefficient (Wildman–Crippen LogP) is 4.05. The quantitative estimate of drug-likeness (QED) is 0.756. The maximum absolute atomic E-state index is 13.0. The number of ketones is 1. The highest BCUT2D eigenvalue weighted by Gasteiger charge is 2.47. The Labute approximate surface area is 155 Å². The number of likely N-dealkylation sites (N-methyl/N-ethyl adjacent to an activating group) is 1. The molecule has 2 N–H and O–H groups in total. The summed E-state index contributed by atoms with van der Waals surface area (Å²) in [5, 5.41) is 0. The second-order valence-corrected chi connectivity index (χ2v) is 7.11. The number of fused-ring (bicyclic) bond motifs is 1. The molecule has 0 aromatic heterocycles. The molecule has 1 amide bonds. The lowest BCUT2D eigenvalue weighted by Crippen LogP contribution is -2.39. The molecule has 5 nitrogen and oxygen atoms in total. The summed E-state index contributed by atoms with van der Waals surface area (Å²) >= 11 is 0. The van der Waals surface area contributed by atoms with E-state index in [1.165, 1.54) is 0 Å². The smallest absolute Gasteiger partial charge is 0.237 e. The molecule has 1 aliphatic heterocycles. The number of rotatable bonds is 6. The second kappa shape index (κ2) is 7.52. The number of benzene rings is 1. The van der Waals surface area contributed by atoms with Crippen molar-refractivity contribution in [2.45, 2.75) is 64.7 Å². The van der Waals surface area contributed by atoms with Gasteiger partial charge in [-0.3, -0.25) is 15.0 Å². The van der Waals surface area contributed by atoms with Gasteiger partial charge in [0.05, 0.1) is 16.8 Å². The summed E-state index contributed by atoms with van der Waals surface area (Å²) < 4.78 is 0. The summed E-state index contributed by atoms with van der Waals surface area (Å²) in [7, 11) is 0. The van der Waals surface area contributed by atoms with Gasteiger partial charge in [-0.2, -0.15) is 0 Å². The fourth-order valence-corrected chi connectivity index (χ4v) is 4.15. The second-order valence-electron chi connectivity index (χ2n) is 7.11. The number of nitrogens with one attached hydrogen (secondary N) is 2. The number of nitrogens with zero attached hydrogens (tertiary/aromatic N) is 1. The van der Waals surface area contributed by atoms with Crippen molar-refractivity contribution in [2.24, 2.45) is 0 Å². The van der Waals surface area contributed by atoms with Crippen LogP contribution in [0.5, 0.6) is 0 Å². The third-order valence-corrected chi connectivity index (χ3v) is 5.83. The standard InChI is InChI=1S/C21H29N3O2/c1-4-21(5-2)16-14-15(12-13-18(16)24(6-3)20(21)26)22-23-17-10-8-7-9-11-19(17)25/h10,12-14,22-23H,4-9,11H2,1-3H3. The van der Waals surface area contributed by atoms with Crippen LogP contribution in [0.1, 0.15) is 64.9 Å². The molecule has 1 aromatic rings. The van der Waals surface area contributed by atoms with Gasteiger partial charge in [0, 0.05) is 18.7 Å². The van der Waals surface area contributed by atoms with E-state index < -0.39 is 5.41 Å². The highest BCUT2D eigenvalue weighted by molar-refractivity contribution is 6.08. The molecule has 0 atom stereocenters. The van der Waals surface area contributed by atoms with Crippen LogP contribution in [0.15, 0.2) is 30.0 Å². The monoisotopic (exact) mass is 355 g/mol. The largest absolute Gasteiger partial charge is 0.312 e. The zero-order valence-electron chi connectivity index (χ0n) is 16.0. The van der Waals surface area contributed by atoms with Crippen LogP contribution in [0.3, 0.4) is 0 Å². The number of amides is 1. The molecule has 1 aromatic carbocycles. The minimum absolute atomic E-state index is 0.153. The van der Waals surface area contributed by atoms with E-state index in [1.54, 1.807) is 0 Å². The Kier molecular flexibility index (Phi) is 5.35. The number of carbonyl (C=O) groups excluding carboxylic acids is 2. The van der Waals surface area contributed by atoms with Crippen molar-refractivity contribution in [3.63, 3.8) is 0 Å². The molecule has 26 heavy (non-hydrogen) atoms. The van der Waals surface area contributed by atoms with Crippen molar-refractivity contribution in [3.05, 3.63) is 35.5 Å². The number of hydrogen-bond acceptors (Lipinski definition) is 4. The van der Waals surface area contributed by atoms with Gasteiger partial charge < -0.3 is 10.3 Å². The Bertz CT molecular complexity index is 735. The van der Waals surface area contributed by atoms with Crippen molar-refractivity contribution in [1.82, 2.24) is 5.43 Å². The first-order valence-electron chi connectivity index (χ1n) is 9.79. The summed E-state index contributed by atoms with van der Waals surface area (Å²) in [5.74, 6) is 0.353. The normalized spacial score (nSPS) is 19.0. The number of allylic oxidation sites excluding steroid dienone is 2. The van der Waals surface area contributed by atoms with Crippen LogP contribution >= 0.6 is 0 Å². The van der Waals surface area contributed by atoms with Gasteiger partial charge in [0.2, 0.25) is 5.91 Å². The molecular formula is C21H29N3O2. The van der Waals surface area contributed by atoms with Crippen LogP contribution in [0.4, 0.5) is 11.4 Å². The Balaban J connectivity index is 1.86. The minimum atomic E-state index is -0.444. The summed E-state index contributed by atoms with van der Waals surface area (Å²) in [5.41, 5.74) is 9.42. The SMILES string of the molecule is CCN1C(=O)C(CC)(CC)c2cc(NNC3=CCCCCC3=O)ccc21. The molecule has 0 unspecified atom stereocenters. The van der Waals surface area contributed by atoms with Gasteiger partial charge in [0.25, 0.3) is 0 Å². The Morgan fingerprint density at radius 2 is 1.85 bits per heavy atom. The minimum Gasteiger partial charge on any atom is -0.312 e. The summed E-state index contributed by atoms with van der Waals surface area (Å²) in [6.07, 6.45) is 7.07. The van der Waals surface area contributed by atoms with E-state index >= 15 is 0 Å². The Morgan fingerprint density at radius 1 is 1.08 bits per heavy atom. The van der Waals surface area contributed by atoms with Gasteiger partial charge in [-0.25, -0.2) is 0 Å². The highest BCUT2D eigenvalue weighted by Crippen LogP contribution is 2.46. The summed E-state index contributed by atoms with van der Waals surface area (Å²) in [4.78, 5) is 27.0. The molecule has 3 rings (SSSR count). The average molecular weight is 355 g/mol. The van der Waals surface area contributed by atoms with Crippen LogP contribution < -0.4 is 15.8 Å². The maximum Gasteiger partial charge on any atom is 0.237 e. The fraction of sp³-hybridized carbons (Fsp3) is 0.524. The average Bonchev–Trinajstić information content (AvgIpc) is 2.75. The van der Waals surface area contributed by atoms with Crippen molar-refractivity contribution < 1.29 is 9.59 Å².